The van der Waals surface area contributed by atoms with E-state index in [0.29, 0.717) is 5.92 Å². The van der Waals surface area contributed by atoms with Crippen molar-refractivity contribution < 1.29 is 0 Å². The first-order valence-corrected chi connectivity index (χ1v) is 4.94. The van der Waals surface area contributed by atoms with E-state index in [1.807, 2.05) is 0 Å². The van der Waals surface area contributed by atoms with Gasteiger partial charge in [-0.15, -0.1) is 0 Å². The van der Waals surface area contributed by atoms with Crippen molar-refractivity contribution in [3.05, 3.63) is 24.3 Å². The van der Waals surface area contributed by atoms with Crippen LogP contribution < -0.4 is 0 Å². The Bertz CT molecular complexity index is 140. The van der Waals surface area contributed by atoms with E-state index in [1.54, 1.807) is 0 Å². The molecule has 0 aliphatic heterocycles. The largest absolute Gasteiger partial charge is 0.0914 e. The average molecular weight is 166 g/mol. The molecule has 0 nitrogen and oxygen atoms in total. The highest BCUT2D eigenvalue weighted by atomic mass is 14.0. The number of allylic oxidation sites excluding steroid dienone is 4. The summed E-state index contributed by atoms with van der Waals surface area (Å²) >= 11 is 0. The quantitative estimate of drug-likeness (QED) is 0.537. The van der Waals surface area contributed by atoms with Crippen LogP contribution in [0.2, 0.25) is 0 Å². The summed E-state index contributed by atoms with van der Waals surface area (Å²) in [6.07, 6.45) is 11.4. The summed E-state index contributed by atoms with van der Waals surface area (Å²) in [5.74, 6) is 1.48. The van der Waals surface area contributed by atoms with Gasteiger partial charge in [0.25, 0.3) is 0 Å². The van der Waals surface area contributed by atoms with Gasteiger partial charge in [-0.25, -0.2) is 0 Å². The van der Waals surface area contributed by atoms with Crippen LogP contribution >= 0.6 is 0 Å². The number of rotatable bonds is 5. The van der Waals surface area contributed by atoms with Crippen molar-refractivity contribution >= 4 is 0 Å². The van der Waals surface area contributed by atoms with Crippen molar-refractivity contribution in [3.63, 3.8) is 0 Å². The van der Waals surface area contributed by atoms with Crippen molar-refractivity contribution in [2.45, 2.75) is 40.5 Å². The molecule has 0 bridgehead atoms. The van der Waals surface area contributed by atoms with Gasteiger partial charge in [0.1, 0.15) is 0 Å². The Morgan fingerprint density at radius 2 is 1.58 bits per heavy atom. The lowest BCUT2D eigenvalue weighted by Gasteiger charge is -2.00. The van der Waals surface area contributed by atoms with E-state index < -0.39 is 0 Å². The molecule has 0 aliphatic carbocycles. The SMILES string of the molecule is CC=CC(C)CC=CCC(C)C. The van der Waals surface area contributed by atoms with Gasteiger partial charge < -0.3 is 0 Å². The maximum Gasteiger partial charge on any atom is -0.0227 e. The molecule has 1 atom stereocenters. The van der Waals surface area contributed by atoms with Crippen LogP contribution in [0.5, 0.6) is 0 Å². The van der Waals surface area contributed by atoms with E-state index in [-0.39, 0.29) is 0 Å². The van der Waals surface area contributed by atoms with E-state index in [2.05, 4.69) is 52.0 Å². The zero-order chi connectivity index (χ0) is 9.40. The first-order valence-electron chi connectivity index (χ1n) is 4.94. The van der Waals surface area contributed by atoms with Gasteiger partial charge in [-0.05, 0) is 31.6 Å². The minimum Gasteiger partial charge on any atom is -0.0914 e. The molecule has 70 valence electrons. The molecular weight excluding hydrogens is 144 g/mol. The fourth-order valence-electron chi connectivity index (χ4n) is 1.09. The van der Waals surface area contributed by atoms with Crippen LogP contribution in [-0.2, 0) is 0 Å². The van der Waals surface area contributed by atoms with Gasteiger partial charge in [0, 0.05) is 0 Å². The minimum absolute atomic E-state index is 0.693. The van der Waals surface area contributed by atoms with Gasteiger partial charge in [-0.1, -0.05) is 45.1 Å². The summed E-state index contributed by atoms with van der Waals surface area (Å²) in [6, 6.07) is 0. The Morgan fingerprint density at radius 1 is 1.00 bits per heavy atom. The van der Waals surface area contributed by atoms with Crippen LogP contribution in [0.25, 0.3) is 0 Å². The topological polar surface area (TPSA) is 0 Å². The fraction of sp³-hybridized carbons (Fsp3) is 0.667. The third-order valence-electron chi connectivity index (χ3n) is 1.80. The Morgan fingerprint density at radius 3 is 2.08 bits per heavy atom. The molecule has 0 aromatic rings. The van der Waals surface area contributed by atoms with E-state index in [1.165, 1.54) is 12.8 Å². The first-order chi connectivity index (χ1) is 5.66. The van der Waals surface area contributed by atoms with Crippen LogP contribution in [0.4, 0.5) is 0 Å². The highest BCUT2D eigenvalue weighted by molar-refractivity contribution is 4.91. The molecule has 0 radical (unpaired) electrons. The van der Waals surface area contributed by atoms with E-state index >= 15 is 0 Å². The average Bonchev–Trinajstić information content (AvgIpc) is 1.98. The van der Waals surface area contributed by atoms with Gasteiger partial charge in [0.2, 0.25) is 0 Å². The van der Waals surface area contributed by atoms with Crippen LogP contribution in [0, 0.1) is 11.8 Å². The van der Waals surface area contributed by atoms with Gasteiger partial charge in [-0.2, -0.15) is 0 Å². The summed E-state index contributed by atoms with van der Waals surface area (Å²) in [6.45, 7) is 8.83. The molecule has 1 unspecified atom stereocenters. The first kappa shape index (κ1) is 11.5. The second-order valence-corrected chi connectivity index (χ2v) is 3.84. The van der Waals surface area contributed by atoms with Crippen LogP contribution in [0.1, 0.15) is 40.5 Å². The summed E-state index contributed by atoms with van der Waals surface area (Å²) in [5, 5.41) is 0. The van der Waals surface area contributed by atoms with Gasteiger partial charge in [-0.3, -0.25) is 0 Å². The minimum atomic E-state index is 0.693. The predicted octanol–water partition coefficient (Wildman–Crippen LogP) is 4.19. The van der Waals surface area contributed by atoms with Crippen LogP contribution in [-0.4, -0.2) is 0 Å². The van der Waals surface area contributed by atoms with Gasteiger partial charge in [0.05, 0.1) is 0 Å². The molecular formula is C12H22. The lowest BCUT2D eigenvalue weighted by atomic mass is 10.1. The lowest BCUT2D eigenvalue weighted by Crippen LogP contribution is -1.86. The molecule has 0 rings (SSSR count). The summed E-state index contributed by atoms with van der Waals surface area (Å²) in [5.41, 5.74) is 0. The second kappa shape index (κ2) is 7.15. The highest BCUT2D eigenvalue weighted by Crippen LogP contribution is 2.06. The van der Waals surface area contributed by atoms with E-state index in [9.17, 15) is 0 Å². The van der Waals surface area contributed by atoms with E-state index in [4.69, 9.17) is 0 Å². The molecule has 0 heterocycles. The molecule has 12 heavy (non-hydrogen) atoms. The summed E-state index contributed by atoms with van der Waals surface area (Å²) in [7, 11) is 0. The summed E-state index contributed by atoms with van der Waals surface area (Å²) < 4.78 is 0. The maximum atomic E-state index is 2.30. The molecule has 0 heteroatoms. The predicted molar refractivity (Wildman–Crippen MR) is 57.2 cm³/mol. The van der Waals surface area contributed by atoms with Crippen LogP contribution in [0.15, 0.2) is 24.3 Å². The smallest absolute Gasteiger partial charge is 0.0227 e. The molecule has 0 amide bonds. The molecule has 0 aliphatic rings. The maximum absolute atomic E-state index is 2.30. The Labute approximate surface area is 77.4 Å². The summed E-state index contributed by atoms with van der Waals surface area (Å²) in [4.78, 5) is 0. The Balaban J connectivity index is 3.46. The second-order valence-electron chi connectivity index (χ2n) is 3.84. The molecule has 0 aromatic heterocycles. The highest BCUT2D eigenvalue weighted by Gasteiger charge is 1.91. The Hall–Kier alpha value is -0.520. The third kappa shape index (κ3) is 7.59. The number of hydrogen-bond donors (Lipinski definition) is 0. The van der Waals surface area contributed by atoms with Gasteiger partial charge in [0.15, 0.2) is 0 Å². The Kier molecular flexibility index (Phi) is 6.84. The zero-order valence-corrected chi connectivity index (χ0v) is 8.88. The third-order valence-corrected chi connectivity index (χ3v) is 1.80. The zero-order valence-electron chi connectivity index (χ0n) is 8.88. The lowest BCUT2D eigenvalue weighted by molar-refractivity contribution is 0.658. The molecule has 0 fully saturated rings. The van der Waals surface area contributed by atoms with E-state index in [0.717, 1.165) is 5.92 Å². The van der Waals surface area contributed by atoms with Crippen molar-refractivity contribution in [1.82, 2.24) is 0 Å². The number of hydrogen-bond acceptors (Lipinski definition) is 0. The van der Waals surface area contributed by atoms with Crippen molar-refractivity contribution in [1.29, 1.82) is 0 Å². The van der Waals surface area contributed by atoms with Crippen molar-refractivity contribution in [2.75, 3.05) is 0 Å². The molecule has 0 spiro atoms. The fourth-order valence-corrected chi connectivity index (χ4v) is 1.09. The monoisotopic (exact) mass is 166 g/mol. The van der Waals surface area contributed by atoms with Gasteiger partial charge >= 0.3 is 0 Å². The van der Waals surface area contributed by atoms with Crippen molar-refractivity contribution in [3.8, 4) is 0 Å². The molecule has 0 saturated heterocycles. The molecule has 0 aromatic carbocycles. The standard InChI is InChI=1S/C12H22/c1-5-8-12(4)10-7-6-9-11(2)3/h5-8,11-12H,9-10H2,1-4H3. The molecule has 0 N–H and O–H groups in total. The normalized spacial score (nSPS) is 15.1. The molecule has 0 saturated carbocycles. The van der Waals surface area contributed by atoms with Crippen molar-refractivity contribution in [2.24, 2.45) is 11.8 Å². The van der Waals surface area contributed by atoms with Crippen LogP contribution in [0.3, 0.4) is 0 Å².